The molecule has 0 fully saturated rings. The van der Waals surface area contributed by atoms with E-state index < -0.39 is 10.0 Å². The van der Waals surface area contributed by atoms with Crippen LogP contribution in [0.5, 0.6) is 0 Å². The van der Waals surface area contributed by atoms with Gasteiger partial charge in [-0.3, -0.25) is 0 Å². The van der Waals surface area contributed by atoms with Gasteiger partial charge in [-0.05, 0) is 25.0 Å². The molecule has 3 N–H and O–H groups in total. The van der Waals surface area contributed by atoms with Gasteiger partial charge >= 0.3 is 0 Å². The Bertz CT molecular complexity index is 549. The van der Waals surface area contributed by atoms with Crippen LogP contribution >= 0.6 is 12.2 Å². The lowest BCUT2D eigenvalue weighted by atomic mass is 9.96. The molecule has 0 aliphatic rings. The highest BCUT2D eigenvalue weighted by Gasteiger charge is 2.21. The minimum atomic E-state index is -3.50. The highest BCUT2D eigenvalue weighted by atomic mass is 32.2. The van der Waals surface area contributed by atoms with Gasteiger partial charge in [-0.25, -0.2) is 13.1 Å². The molecule has 6 heteroatoms. The van der Waals surface area contributed by atoms with E-state index >= 15 is 0 Å². The Kier molecular flexibility index (Phi) is 6.10. The number of benzene rings is 1. The maximum absolute atomic E-state index is 12.3. The Hall–Kier alpha value is -0.980. The van der Waals surface area contributed by atoms with Gasteiger partial charge in [0.15, 0.2) is 0 Å². The molecule has 1 aromatic rings. The van der Waals surface area contributed by atoms with E-state index in [1.54, 1.807) is 12.1 Å². The van der Waals surface area contributed by atoms with Gasteiger partial charge < -0.3 is 5.73 Å². The molecule has 1 unspecified atom stereocenters. The summed E-state index contributed by atoms with van der Waals surface area (Å²) in [5, 5.41) is 0. The molecule has 20 heavy (non-hydrogen) atoms. The first kappa shape index (κ1) is 17.1. The molecule has 0 amide bonds. The number of nitrogens with two attached hydrogens (primary N) is 1. The lowest BCUT2D eigenvalue weighted by molar-refractivity contribution is 0.391. The monoisotopic (exact) mass is 314 g/mol. The van der Waals surface area contributed by atoms with E-state index in [9.17, 15) is 8.42 Å². The van der Waals surface area contributed by atoms with Crippen molar-refractivity contribution < 1.29 is 8.42 Å². The molecule has 1 atom stereocenters. The Labute approximate surface area is 126 Å². The predicted molar refractivity (Wildman–Crippen MR) is 86.2 cm³/mol. The lowest BCUT2D eigenvalue weighted by Gasteiger charge is -2.22. The van der Waals surface area contributed by atoms with E-state index in [2.05, 4.69) is 18.6 Å². The van der Waals surface area contributed by atoms with Crippen LogP contribution in [0.2, 0.25) is 0 Å². The van der Waals surface area contributed by atoms with E-state index in [0.29, 0.717) is 11.5 Å². The van der Waals surface area contributed by atoms with Crippen LogP contribution in [0.4, 0.5) is 0 Å². The number of rotatable bonds is 7. The van der Waals surface area contributed by atoms with E-state index in [0.717, 1.165) is 12.8 Å². The van der Waals surface area contributed by atoms with Crippen molar-refractivity contribution in [3.63, 3.8) is 0 Å². The Morgan fingerprint density at radius 2 is 1.75 bits per heavy atom. The average Bonchev–Trinajstić information content (AvgIpc) is 2.39. The minimum absolute atomic E-state index is 0.0924. The van der Waals surface area contributed by atoms with Crippen LogP contribution < -0.4 is 10.5 Å². The number of hydrogen-bond acceptors (Lipinski definition) is 3. The Morgan fingerprint density at radius 1 is 1.25 bits per heavy atom. The van der Waals surface area contributed by atoms with Crippen molar-refractivity contribution in [2.45, 2.75) is 44.6 Å². The fourth-order valence-corrected chi connectivity index (χ4v) is 3.65. The van der Waals surface area contributed by atoms with Crippen LogP contribution in [-0.2, 0) is 10.0 Å². The zero-order valence-corrected chi connectivity index (χ0v) is 13.7. The molecule has 0 bridgehead atoms. The molecule has 0 saturated carbocycles. The van der Waals surface area contributed by atoms with E-state index in [1.165, 1.54) is 12.1 Å². The number of nitrogens with one attached hydrogen (secondary N) is 1. The Morgan fingerprint density at radius 3 is 2.15 bits per heavy atom. The molecule has 1 aromatic carbocycles. The second-order valence-electron chi connectivity index (χ2n) is 4.88. The molecule has 0 aliphatic heterocycles. The van der Waals surface area contributed by atoms with Gasteiger partial charge in [0, 0.05) is 11.6 Å². The lowest BCUT2D eigenvalue weighted by Crippen LogP contribution is -2.37. The quantitative estimate of drug-likeness (QED) is 0.758. The van der Waals surface area contributed by atoms with Crippen molar-refractivity contribution in [3.8, 4) is 0 Å². The maximum atomic E-state index is 12.3. The normalized spacial score (nSPS) is 13.4. The van der Waals surface area contributed by atoms with Crippen LogP contribution in [-0.4, -0.2) is 19.4 Å². The first-order valence-electron chi connectivity index (χ1n) is 6.74. The summed E-state index contributed by atoms with van der Waals surface area (Å²) in [6, 6.07) is 6.20. The first-order chi connectivity index (χ1) is 9.31. The second-order valence-corrected chi connectivity index (χ2v) is 7.03. The summed E-state index contributed by atoms with van der Waals surface area (Å²) in [6.07, 6.45) is 1.89. The maximum Gasteiger partial charge on any atom is 0.240 e. The van der Waals surface area contributed by atoms with Gasteiger partial charge in [0.05, 0.1) is 4.90 Å². The highest BCUT2D eigenvalue weighted by Crippen LogP contribution is 2.17. The zero-order valence-electron chi connectivity index (χ0n) is 12.1. The van der Waals surface area contributed by atoms with Gasteiger partial charge in [-0.15, -0.1) is 0 Å². The summed E-state index contributed by atoms with van der Waals surface area (Å²) in [5.74, 6) is 0.334. The second kappa shape index (κ2) is 7.15. The molecule has 0 radical (unpaired) electrons. The Balaban J connectivity index is 2.91. The molecule has 0 aromatic heterocycles. The third-order valence-electron chi connectivity index (χ3n) is 3.55. The van der Waals surface area contributed by atoms with Crippen molar-refractivity contribution in [1.82, 2.24) is 4.72 Å². The first-order valence-corrected chi connectivity index (χ1v) is 8.63. The zero-order chi connectivity index (χ0) is 15.3. The fraction of sp³-hybridized carbons (Fsp3) is 0.500. The van der Waals surface area contributed by atoms with Gasteiger partial charge in [0.1, 0.15) is 4.99 Å². The van der Waals surface area contributed by atoms with Crippen molar-refractivity contribution in [2.75, 3.05) is 0 Å². The van der Waals surface area contributed by atoms with E-state index in [1.807, 2.05) is 6.92 Å². The molecule has 112 valence electrons. The SMILES string of the molecule is CCC(CC)C(C)NS(=O)(=O)c1ccc(C(N)=S)cc1. The molecule has 1 rings (SSSR count). The van der Waals surface area contributed by atoms with Gasteiger partial charge in [-0.1, -0.05) is 51.0 Å². The molecule has 0 saturated heterocycles. The molecule has 0 spiro atoms. The van der Waals surface area contributed by atoms with E-state index in [-0.39, 0.29) is 15.9 Å². The third kappa shape index (κ3) is 4.26. The van der Waals surface area contributed by atoms with Crippen LogP contribution in [0.1, 0.15) is 39.2 Å². The molecule has 0 aliphatic carbocycles. The largest absolute Gasteiger partial charge is 0.389 e. The van der Waals surface area contributed by atoms with Gasteiger partial charge in [-0.2, -0.15) is 0 Å². The van der Waals surface area contributed by atoms with E-state index in [4.69, 9.17) is 18.0 Å². The van der Waals surface area contributed by atoms with Crippen molar-refractivity contribution >= 4 is 27.2 Å². The summed E-state index contributed by atoms with van der Waals surface area (Å²) in [6.45, 7) is 6.03. The summed E-state index contributed by atoms with van der Waals surface area (Å²) >= 11 is 4.85. The number of thiocarbonyl (C=S) groups is 1. The number of sulfonamides is 1. The summed E-state index contributed by atoms with van der Waals surface area (Å²) in [7, 11) is -3.50. The van der Waals surface area contributed by atoms with Crippen LogP contribution in [0.15, 0.2) is 29.2 Å². The van der Waals surface area contributed by atoms with Crippen LogP contribution in [0.25, 0.3) is 0 Å². The molecule has 4 nitrogen and oxygen atoms in total. The summed E-state index contributed by atoms with van der Waals surface area (Å²) < 4.78 is 27.3. The third-order valence-corrected chi connectivity index (χ3v) is 5.36. The molecular formula is C14H22N2O2S2. The predicted octanol–water partition coefficient (Wildman–Crippen LogP) is 2.42. The minimum Gasteiger partial charge on any atom is -0.389 e. The van der Waals surface area contributed by atoms with Crippen molar-refractivity contribution in [3.05, 3.63) is 29.8 Å². The highest BCUT2D eigenvalue weighted by molar-refractivity contribution is 7.89. The summed E-state index contributed by atoms with van der Waals surface area (Å²) in [5.41, 5.74) is 6.15. The van der Waals surface area contributed by atoms with Gasteiger partial charge in [0.2, 0.25) is 10.0 Å². The smallest absolute Gasteiger partial charge is 0.240 e. The topological polar surface area (TPSA) is 72.2 Å². The fourth-order valence-electron chi connectivity index (χ4n) is 2.20. The van der Waals surface area contributed by atoms with Crippen molar-refractivity contribution in [1.29, 1.82) is 0 Å². The standard InChI is InChI=1S/C14H22N2O2S2/c1-4-11(5-2)10(3)16-20(17,18)13-8-6-12(7-9-13)14(15)19/h6-11,16H,4-5H2,1-3H3,(H2,15,19). The van der Waals surface area contributed by atoms with Crippen LogP contribution in [0.3, 0.4) is 0 Å². The molecular weight excluding hydrogens is 292 g/mol. The molecule has 0 heterocycles. The summed E-state index contributed by atoms with van der Waals surface area (Å²) in [4.78, 5) is 0.489. The van der Waals surface area contributed by atoms with Gasteiger partial charge in [0.25, 0.3) is 0 Å². The average molecular weight is 314 g/mol. The van der Waals surface area contributed by atoms with Crippen molar-refractivity contribution in [2.24, 2.45) is 11.7 Å². The number of hydrogen-bond donors (Lipinski definition) is 2. The van der Waals surface area contributed by atoms with Crippen LogP contribution in [0, 0.1) is 5.92 Å².